The summed E-state index contributed by atoms with van der Waals surface area (Å²) in [7, 11) is 0. The van der Waals surface area contributed by atoms with Gasteiger partial charge in [-0.05, 0) is 74.2 Å². The summed E-state index contributed by atoms with van der Waals surface area (Å²) in [4.78, 5) is 0. The van der Waals surface area contributed by atoms with E-state index in [2.05, 4.69) is 19.9 Å². The van der Waals surface area contributed by atoms with Gasteiger partial charge in [-0.15, -0.1) is 0 Å². The molecule has 4 N–H and O–H groups in total. The van der Waals surface area contributed by atoms with Gasteiger partial charge in [0.15, 0.2) is 0 Å². The molecular formula is C16H22N2. The van der Waals surface area contributed by atoms with Gasteiger partial charge in [-0.2, -0.15) is 0 Å². The highest BCUT2D eigenvalue weighted by molar-refractivity contribution is 5.44. The van der Waals surface area contributed by atoms with Crippen LogP contribution < -0.4 is 11.5 Å². The van der Waals surface area contributed by atoms with Crippen LogP contribution in [0.3, 0.4) is 0 Å². The Kier molecular flexibility index (Phi) is 4.78. The maximum absolute atomic E-state index is 5.56. The standard InChI is InChI=1S/2C8H11N/c1-6-3-7(2)5-8(9)4-6;1-6-3-4-8(9)5-7(6)2/h2*3-5H,9H2,1-2H3. The maximum atomic E-state index is 5.56. The predicted molar refractivity (Wildman–Crippen MR) is 80.7 cm³/mol. The molecule has 2 rings (SSSR count). The number of nitrogens with two attached hydrogens (primary N) is 2. The summed E-state index contributed by atoms with van der Waals surface area (Å²) in [6.45, 7) is 8.23. The van der Waals surface area contributed by atoms with Gasteiger partial charge >= 0.3 is 0 Å². The molecule has 0 atom stereocenters. The molecule has 0 aliphatic heterocycles. The van der Waals surface area contributed by atoms with Gasteiger partial charge in [-0.3, -0.25) is 0 Å². The smallest absolute Gasteiger partial charge is 0.0319 e. The van der Waals surface area contributed by atoms with Crippen molar-refractivity contribution in [3.05, 3.63) is 58.7 Å². The first-order valence-corrected chi connectivity index (χ1v) is 6.05. The second-order valence-corrected chi connectivity index (χ2v) is 4.76. The molecule has 0 aromatic heterocycles. The van der Waals surface area contributed by atoms with Crippen molar-refractivity contribution < 1.29 is 0 Å². The molecule has 0 amide bonds. The molecule has 0 radical (unpaired) electrons. The second-order valence-electron chi connectivity index (χ2n) is 4.76. The first kappa shape index (κ1) is 14.1. The first-order valence-electron chi connectivity index (χ1n) is 6.05. The van der Waals surface area contributed by atoms with Gasteiger partial charge < -0.3 is 11.5 Å². The Morgan fingerprint density at radius 1 is 0.611 bits per heavy atom. The Hall–Kier alpha value is -1.96. The summed E-state index contributed by atoms with van der Waals surface area (Å²) in [6, 6.07) is 12.0. The van der Waals surface area contributed by atoms with Crippen LogP contribution in [0.25, 0.3) is 0 Å². The van der Waals surface area contributed by atoms with Crippen LogP contribution in [0.4, 0.5) is 11.4 Å². The van der Waals surface area contributed by atoms with Crippen molar-refractivity contribution in [1.82, 2.24) is 0 Å². The molecule has 0 spiro atoms. The fourth-order valence-corrected chi connectivity index (χ4v) is 1.77. The second kappa shape index (κ2) is 6.10. The van der Waals surface area contributed by atoms with Crippen molar-refractivity contribution >= 4 is 11.4 Å². The Morgan fingerprint density at radius 2 is 1.17 bits per heavy atom. The Labute approximate surface area is 110 Å². The third-order valence-corrected chi connectivity index (χ3v) is 2.77. The summed E-state index contributed by atoms with van der Waals surface area (Å²) in [5.74, 6) is 0. The van der Waals surface area contributed by atoms with Crippen molar-refractivity contribution in [1.29, 1.82) is 0 Å². The lowest BCUT2D eigenvalue weighted by atomic mass is 10.1. The molecule has 2 nitrogen and oxygen atoms in total. The van der Waals surface area contributed by atoms with Gasteiger partial charge in [0.1, 0.15) is 0 Å². The largest absolute Gasteiger partial charge is 0.399 e. The van der Waals surface area contributed by atoms with E-state index in [1.54, 1.807) is 0 Å². The monoisotopic (exact) mass is 242 g/mol. The van der Waals surface area contributed by atoms with Gasteiger partial charge in [0, 0.05) is 11.4 Å². The minimum absolute atomic E-state index is 0.845. The SMILES string of the molecule is Cc1cc(C)cc(N)c1.Cc1ccc(N)cc1C. The summed E-state index contributed by atoms with van der Waals surface area (Å²) < 4.78 is 0. The van der Waals surface area contributed by atoms with Crippen LogP contribution in [0.2, 0.25) is 0 Å². The van der Waals surface area contributed by atoms with Gasteiger partial charge in [0.05, 0.1) is 0 Å². The number of rotatable bonds is 0. The number of hydrogen-bond donors (Lipinski definition) is 2. The minimum Gasteiger partial charge on any atom is -0.399 e. The Bertz CT molecular complexity index is 480. The van der Waals surface area contributed by atoms with E-state index < -0.39 is 0 Å². The molecule has 2 aromatic rings. The van der Waals surface area contributed by atoms with Crippen LogP contribution in [0.1, 0.15) is 22.3 Å². The molecule has 0 heterocycles. The zero-order valence-electron chi connectivity index (χ0n) is 11.6. The normalized spacial score (nSPS) is 9.56. The lowest BCUT2D eigenvalue weighted by Gasteiger charge is -1.98. The van der Waals surface area contributed by atoms with Crippen LogP contribution in [0, 0.1) is 27.7 Å². The number of anilines is 2. The fraction of sp³-hybridized carbons (Fsp3) is 0.250. The molecule has 18 heavy (non-hydrogen) atoms. The van der Waals surface area contributed by atoms with Crippen molar-refractivity contribution in [3.8, 4) is 0 Å². The summed E-state index contributed by atoms with van der Waals surface area (Å²) in [6.07, 6.45) is 0. The van der Waals surface area contributed by atoms with E-state index in [1.165, 1.54) is 22.3 Å². The number of nitrogen functional groups attached to an aromatic ring is 2. The Balaban J connectivity index is 0.000000180. The third-order valence-electron chi connectivity index (χ3n) is 2.77. The molecule has 0 bridgehead atoms. The van der Waals surface area contributed by atoms with Gasteiger partial charge in [-0.25, -0.2) is 0 Å². The van der Waals surface area contributed by atoms with Gasteiger partial charge in [-0.1, -0.05) is 12.1 Å². The van der Waals surface area contributed by atoms with E-state index in [0.717, 1.165) is 11.4 Å². The highest BCUT2D eigenvalue weighted by atomic mass is 14.5. The molecule has 96 valence electrons. The van der Waals surface area contributed by atoms with Crippen LogP contribution in [-0.4, -0.2) is 0 Å². The van der Waals surface area contributed by atoms with E-state index in [0.29, 0.717) is 0 Å². The van der Waals surface area contributed by atoms with Crippen LogP contribution in [0.5, 0.6) is 0 Å². The van der Waals surface area contributed by atoms with Crippen LogP contribution in [0.15, 0.2) is 36.4 Å². The first-order chi connectivity index (χ1) is 8.38. The van der Waals surface area contributed by atoms with Crippen LogP contribution >= 0.6 is 0 Å². The quantitative estimate of drug-likeness (QED) is 0.691. The average molecular weight is 242 g/mol. The van der Waals surface area contributed by atoms with Crippen molar-refractivity contribution in [3.63, 3.8) is 0 Å². The zero-order chi connectivity index (χ0) is 13.7. The van der Waals surface area contributed by atoms with Gasteiger partial charge in [0.2, 0.25) is 0 Å². The molecule has 0 fully saturated rings. The van der Waals surface area contributed by atoms with E-state index in [4.69, 9.17) is 11.5 Å². The molecule has 2 aromatic carbocycles. The average Bonchev–Trinajstić information content (AvgIpc) is 2.23. The highest BCUT2D eigenvalue weighted by Gasteiger charge is 1.89. The zero-order valence-corrected chi connectivity index (χ0v) is 11.6. The topological polar surface area (TPSA) is 52.0 Å². The minimum atomic E-state index is 0.845. The van der Waals surface area contributed by atoms with E-state index in [9.17, 15) is 0 Å². The van der Waals surface area contributed by atoms with E-state index in [-0.39, 0.29) is 0 Å². The predicted octanol–water partition coefficient (Wildman–Crippen LogP) is 3.77. The van der Waals surface area contributed by atoms with Crippen LogP contribution in [-0.2, 0) is 0 Å². The molecule has 0 aliphatic carbocycles. The molecule has 0 saturated heterocycles. The third kappa shape index (κ3) is 4.50. The maximum Gasteiger partial charge on any atom is 0.0319 e. The van der Waals surface area contributed by atoms with Crippen molar-refractivity contribution in [2.45, 2.75) is 27.7 Å². The Morgan fingerprint density at radius 3 is 1.56 bits per heavy atom. The summed E-state index contributed by atoms with van der Waals surface area (Å²) in [5.41, 5.74) is 17.8. The van der Waals surface area contributed by atoms with Crippen molar-refractivity contribution in [2.24, 2.45) is 0 Å². The molecule has 0 aliphatic rings. The number of hydrogen-bond acceptors (Lipinski definition) is 2. The lowest BCUT2D eigenvalue weighted by Crippen LogP contribution is -1.86. The fourth-order valence-electron chi connectivity index (χ4n) is 1.77. The number of benzene rings is 2. The molecule has 0 saturated carbocycles. The molecule has 0 unspecified atom stereocenters. The molecule has 2 heteroatoms. The summed E-state index contributed by atoms with van der Waals surface area (Å²) >= 11 is 0. The molecular weight excluding hydrogens is 220 g/mol. The van der Waals surface area contributed by atoms with E-state index in [1.807, 2.05) is 44.2 Å². The van der Waals surface area contributed by atoms with Gasteiger partial charge in [0.25, 0.3) is 0 Å². The summed E-state index contributed by atoms with van der Waals surface area (Å²) in [5, 5.41) is 0. The van der Waals surface area contributed by atoms with Crippen molar-refractivity contribution in [2.75, 3.05) is 11.5 Å². The number of aryl methyl sites for hydroxylation is 4. The highest BCUT2D eigenvalue weighted by Crippen LogP contribution is 2.10. The lowest BCUT2D eigenvalue weighted by molar-refractivity contribution is 1.34. The van der Waals surface area contributed by atoms with E-state index >= 15 is 0 Å².